The topological polar surface area (TPSA) is 20.2 Å². The molecule has 0 fully saturated rings. The zero-order valence-corrected chi connectivity index (χ0v) is 6.70. The Balaban J connectivity index is -0.0000000612. The van der Waals surface area contributed by atoms with Gasteiger partial charge in [0.25, 0.3) is 0 Å². The maximum absolute atomic E-state index is 8.63. The van der Waals surface area contributed by atoms with Crippen molar-refractivity contribution in [3.8, 4) is 5.75 Å². The standard InChI is InChI=1S/C6H6O.Al.3FH/c7-6-4-2-1-3-5-6;;;;/h1-5,7H;;3*1H/q;+3;;;/p-3. The first-order chi connectivity index (χ1) is 3.39. The van der Waals surface area contributed by atoms with Gasteiger partial charge in [-0.2, -0.15) is 0 Å². The molecular formula is C6H6AlF3O. The van der Waals surface area contributed by atoms with Crippen molar-refractivity contribution in [3.05, 3.63) is 30.3 Å². The number of para-hydroxylation sites is 1. The SMILES string of the molecule is Oc1ccccc1.[Al+3].[F-].[F-].[F-]. The number of hydrogen-bond donors (Lipinski definition) is 1. The summed E-state index contributed by atoms with van der Waals surface area (Å²) in [5.74, 6) is 0.322. The third-order valence-electron chi connectivity index (χ3n) is 0.756. The molecule has 0 aromatic heterocycles. The number of phenolic OH excluding ortho intramolecular Hbond substituents is 1. The Hall–Kier alpha value is -0.658. The smallest absolute Gasteiger partial charge is 1.00 e. The first kappa shape index (κ1) is 22.4. The molecule has 60 valence electrons. The van der Waals surface area contributed by atoms with Gasteiger partial charge in [0.05, 0.1) is 0 Å². The minimum absolute atomic E-state index is 0. The predicted octanol–water partition coefficient (Wildman–Crippen LogP) is -7.98. The zero-order chi connectivity index (χ0) is 5.11. The summed E-state index contributed by atoms with van der Waals surface area (Å²) in [6.07, 6.45) is 0. The van der Waals surface area contributed by atoms with E-state index in [4.69, 9.17) is 5.11 Å². The number of phenols is 1. The first-order valence-electron chi connectivity index (χ1n) is 2.13. The van der Waals surface area contributed by atoms with Gasteiger partial charge in [0.1, 0.15) is 5.75 Å². The van der Waals surface area contributed by atoms with Gasteiger partial charge in [-0.25, -0.2) is 0 Å². The van der Waals surface area contributed by atoms with Gasteiger partial charge >= 0.3 is 17.4 Å². The Kier molecular flexibility index (Phi) is 24.6. The quantitative estimate of drug-likeness (QED) is 0.391. The van der Waals surface area contributed by atoms with Crippen LogP contribution in [-0.2, 0) is 0 Å². The zero-order valence-electron chi connectivity index (χ0n) is 5.55. The number of halogens is 3. The Morgan fingerprint density at radius 3 is 1.36 bits per heavy atom. The molecular weight excluding hydrogens is 172 g/mol. The molecule has 1 rings (SSSR count). The Morgan fingerprint density at radius 1 is 0.818 bits per heavy atom. The van der Waals surface area contributed by atoms with E-state index >= 15 is 0 Å². The van der Waals surface area contributed by atoms with Crippen LogP contribution in [0.4, 0.5) is 0 Å². The fraction of sp³-hybridized carbons (Fsp3) is 0. The van der Waals surface area contributed by atoms with Crippen molar-refractivity contribution in [2.75, 3.05) is 0 Å². The maximum Gasteiger partial charge on any atom is 3.00 e. The third kappa shape index (κ3) is 9.34. The molecule has 1 aromatic carbocycles. The summed E-state index contributed by atoms with van der Waals surface area (Å²) in [6, 6.07) is 8.71. The maximum atomic E-state index is 8.63. The van der Waals surface area contributed by atoms with Crippen molar-refractivity contribution in [2.45, 2.75) is 0 Å². The second-order valence-corrected chi connectivity index (χ2v) is 1.34. The van der Waals surface area contributed by atoms with Gasteiger partial charge < -0.3 is 19.2 Å². The molecule has 11 heavy (non-hydrogen) atoms. The van der Waals surface area contributed by atoms with Crippen molar-refractivity contribution >= 4 is 17.4 Å². The molecule has 0 bridgehead atoms. The molecule has 0 aliphatic carbocycles. The molecule has 0 saturated heterocycles. The molecule has 1 aromatic rings. The molecule has 0 amide bonds. The van der Waals surface area contributed by atoms with Gasteiger partial charge in [-0.3, -0.25) is 0 Å². The summed E-state index contributed by atoms with van der Waals surface area (Å²) in [5, 5.41) is 8.63. The van der Waals surface area contributed by atoms with Crippen molar-refractivity contribution in [1.29, 1.82) is 0 Å². The van der Waals surface area contributed by atoms with E-state index in [9.17, 15) is 0 Å². The molecule has 0 aliphatic rings. The largest absolute Gasteiger partial charge is 3.00 e. The van der Waals surface area contributed by atoms with Crippen LogP contribution in [0.25, 0.3) is 0 Å². The van der Waals surface area contributed by atoms with E-state index in [-0.39, 0.29) is 31.5 Å². The van der Waals surface area contributed by atoms with Gasteiger partial charge in [-0.05, 0) is 12.1 Å². The molecule has 0 atom stereocenters. The minimum atomic E-state index is 0. The van der Waals surface area contributed by atoms with Gasteiger partial charge in [-0.15, -0.1) is 0 Å². The molecule has 0 aliphatic heterocycles. The van der Waals surface area contributed by atoms with Crippen LogP contribution in [0, 0.1) is 0 Å². The molecule has 0 spiro atoms. The Bertz CT molecular complexity index is 148. The van der Waals surface area contributed by atoms with E-state index < -0.39 is 0 Å². The van der Waals surface area contributed by atoms with Crippen LogP contribution in [0.15, 0.2) is 30.3 Å². The fourth-order valence-electron chi connectivity index (χ4n) is 0.428. The summed E-state index contributed by atoms with van der Waals surface area (Å²) in [5.41, 5.74) is 0. The molecule has 0 unspecified atom stereocenters. The molecule has 0 heterocycles. The van der Waals surface area contributed by atoms with Crippen LogP contribution in [0.5, 0.6) is 5.75 Å². The van der Waals surface area contributed by atoms with Gasteiger partial charge in [0.15, 0.2) is 0 Å². The van der Waals surface area contributed by atoms with Crippen LogP contribution in [0.3, 0.4) is 0 Å². The third-order valence-corrected chi connectivity index (χ3v) is 0.756. The molecule has 1 nitrogen and oxygen atoms in total. The average molecular weight is 178 g/mol. The number of hydrogen-bond acceptors (Lipinski definition) is 1. The molecule has 0 saturated carbocycles. The number of rotatable bonds is 0. The number of benzene rings is 1. The summed E-state index contributed by atoms with van der Waals surface area (Å²) >= 11 is 0. The van der Waals surface area contributed by atoms with Crippen molar-refractivity contribution in [2.24, 2.45) is 0 Å². The van der Waals surface area contributed by atoms with E-state index in [1.165, 1.54) is 0 Å². The van der Waals surface area contributed by atoms with Gasteiger partial charge in [0.2, 0.25) is 0 Å². The molecule has 0 radical (unpaired) electrons. The van der Waals surface area contributed by atoms with Crippen molar-refractivity contribution < 1.29 is 19.2 Å². The predicted molar refractivity (Wildman–Crippen MR) is 33.9 cm³/mol. The monoisotopic (exact) mass is 178 g/mol. The van der Waals surface area contributed by atoms with E-state index in [2.05, 4.69) is 0 Å². The second-order valence-electron chi connectivity index (χ2n) is 1.34. The van der Waals surface area contributed by atoms with Gasteiger partial charge in [0, 0.05) is 0 Å². The van der Waals surface area contributed by atoms with E-state index in [0.717, 1.165) is 0 Å². The van der Waals surface area contributed by atoms with E-state index in [0.29, 0.717) is 5.75 Å². The second kappa shape index (κ2) is 12.1. The molecule has 1 N–H and O–H groups in total. The average Bonchev–Trinajstić information content (AvgIpc) is 1.69. The van der Waals surface area contributed by atoms with Crippen LogP contribution >= 0.6 is 0 Å². The van der Waals surface area contributed by atoms with Crippen molar-refractivity contribution in [1.82, 2.24) is 0 Å². The molecule has 5 heteroatoms. The summed E-state index contributed by atoms with van der Waals surface area (Å²) in [6.45, 7) is 0. The summed E-state index contributed by atoms with van der Waals surface area (Å²) < 4.78 is 0. The summed E-state index contributed by atoms with van der Waals surface area (Å²) in [7, 11) is 0. The normalized spacial score (nSPS) is 5.45. The summed E-state index contributed by atoms with van der Waals surface area (Å²) in [4.78, 5) is 0. The van der Waals surface area contributed by atoms with E-state index in [1.54, 1.807) is 24.3 Å². The Labute approximate surface area is 73.3 Å². The van der Waals surface area contributed by atoms with Crippen molar-refractivity contribution in [3.63, 3.8) is 0 Å². The van der Waals surface area contributed by atoms with Crippen LogP contribution in [0.2, 0.25) is 0 Å². The Morgan fingerprint density at radius 2 is 1.18 bits per heavy atom. The fourth-order valence-corrected chi connectivity index (χ4v) is 0.428. The van der Waals surface area contributed by atoms with Gasteiger partial charge in [-0.1, -0.05) is 18.2 Å². The van der Waals surface area contributed by atoms with Crippen LogP contribution < -0.4 is 14.1 Å². The minimum Gasteiger partial charge on any atom is -1.00 e. The van der Waals surface area contributed by atoms with E-state index in [1.807, 2.05) is 6.07 Å². The van der Waals surface area contributed by atoms with Crippen LogP contribution in [-0.4, -0.2) is 22.5 Å². The number of aromatic hydroxyl groups is 1. The first-order valence-corrected chi connectivity index (χ1v) is 2.13. The van der Waals surface area contributed by atoms with Crippen LogP contribution in [0.1, 0.15) is 0 Å².